The monoisotopic (exact) mass is 292 g/mol. The summed E-state index contributed by atoms with van der Waals surface area (Å²) in [6, 6.07) is -0.0513. The number of rotatable bonds is 1. The zero-order chi connectivity index (χ0) is 15.3. The highest BCUT2D eigenvalue weighted by molar-refractivity contribution is 6.00. The maximum absolute atomic E-state index is 13.3. The van der Waals surface area contributed by atoms with Gasteiger partial charge >= 0.3 is 0 Å². The lowest BCUT2D eigenvalue weighted by Gasteiger charge is -2.51. The van der Waals surface area contributed by atoms with Gasteiger partial charge in [-0.05, 0) is 31.1 Å². The van der Waals surface area contributed by atoms with Gasteiger partial charge in [-0.3, -0.25) is 9.59 Å². The van der Waals surface area contributed by atoms with Gasteiger partial charge in [0.2, 0.25) is 11.8 Å². The number of nitrogens with zero attached hydrogens (tertiary/aromatic N) is 1. The normalized spacial score (nSPS) is 30.2. The van der Waals surface area contributed by atoms with Crippen molar-refractivity contribution in [1.29, 1.82) is 0 Å². The molecule has 21 heavy (non-hydrogen) atoms. The minimum Gasteiger partial charge on any atom is -0.340 e. The van der Waals surface area contributed by atoms with E-state index in [1.807, 2.05) is 4.90 Å². The first-order chi connectivity index (χ1) is 9.85. The molecule has 0 bridgehead atoms. The number of nitrogens with one attached hydrogen (secondary N) is 1. The summed E-state index contributed by atoms with van der Waals surface area (Å²) in [5.41, 5.74) is -0.802. The van der Waals surface area contributed by atoms with Crippen LogP contribution in [0.4, 0.5) is 0 Å². The topological polar surface area (TPSA) is 49.4 Å². The zero-order valence-electron chi connectivity index (χ0n) is 13.6. The Balaban J connectivity index is 1.98. The molecule has 1 atom stereocenters. The Morgan fingerprint density at radius 2 is 1.62 bits per heavy atom. The van der Waals surface area contributed by atoms with Crippen molar-refractivity contribution in [3.05, 3.63) is 0 Å². The molecule has 0 aromatic carbocycles. The van der Waals surface area contributed by atoms with Crippen LogP contribution in [0.2, 0.25) is 0 Å². The summed E-state index contributed by atoms with van der Waals surface area (Å²) >= 11 is 0. The average Bonchev–Trinajstić information content (AvgIpc) is 3.03. The van der Waals surface area contributed by atoms with Crippen LogP contribution < -0.4 is 5.32 Å². The van der Waals surface area contributed by atoms with E-state index in [0.29, 0.717) is 0 Å². The maximum Gasteiger partial charge on any atom is 0.249 e. The molecule has 0 radical (unpaired) electrons. The van der Waals surface area contributed by atoms with E-state index in [9.17, 15) is 9.59 Å². The van der Waals surface area contributed by atoms with Gasteiger partial charge in [0.25, 0.3) is 0 Å². The molecule has 0 aromatic heterocycles. The van der Waals surface area contributed by atoms with Crippen LogP contribution in [-0.2, 0) is 9.59 Å². The Morgan fingerprint density at radius 1 is 1.05 bits per heavy atom. The van der Waals surface area contributed by atoms with E-state index in [1.54, 1.807) is 0 Å². The summed E-state index contributed by atoms with van der Waals surface area (Å²) in [7, 11) is 0. The van der Waals surface area contributed by atoms with Gasteiger partial charge in [-0.1, -0.05) is 46.5 Å². The minimum atomic E-state index is -0.582. The van der Waals surface area contributed by atoms with Crippen molar-refractivity contribution in [2.75, 3.05) is 0 Å². The maximum atomic E-state index is 13.3. The number of amides is 2. The molecule has 2 aliphatic carbocycles. The quantitative estimate of drug-likeness (QED) is 0.807. The molecule has 1 heterocycles. The Labute approximate surface area is 127 Å². The first kappa shape index (κ1) is 14.9. The van der Waals surface area contributed by atoms with E-state index >= 15 is 0 Å². The number of piperazine rings is 1. The molecule has 2 saturated carbocycles. The molecule has 3 aliphatic rings. The first-order valence-corrected chi connectivity index (χ1v) is 8.50. The van der Waals surface area contributed by atoms with Crippen molar-refractivity contribution in [3.8, 4) is 0 Å². The fraction of sp³-hybridized carbons (Fsp3) is 0.882. The lowest BCUT2D eigenvalue weighted by atomic mass is 9.79. The highest BCUT2D eigenvalue weighted by Gasteiger charge is 2.56. The van der Waals surface area contributed by atoms with Crippen LogP contribution >= 0.6 is 0 Å². The molecule has 4 nitrogen and oxygen atoms in total. The van der Waals surface area contributed by atoms with Gasteiger partial charge in [0.05, 0.1) is 0 Å². The molecule has 1 N–H and O–H groups in total. The van der Waals surface area contributed by atoms with Crippen molar-refractivity contribution in [2.24, 2.45) is 5.41 Å². The predicted octanol–water partition coefficient (Wildman–Crippen LogP) is 2.61. The van der Waals surface area contributed by atoms with Gasteiger partial charge in [-0.2, -0.15) is 0 Å². The summed E-state index contributed by atoms with van der Waals surface area (Å²) in [6.07, 6.45) is 8.20. The first-order valence-electron chi connectivity index (χ1n) is 8.50. The van der Waals surface area contributed by atoms with Crippen LogP contribution in [0, 0.1) is 5.41 Å². The third kappa shape index (κ3) is 2.36. The van der Waals surface area contributed by atoms with E-state index in [0.717, 1.165) is 38.5 Å². The van der Waals surface area contributed by atoms with Crippen molar-refractivity contribution < 1.29 is 9.59 Å². The average molecular weight is 292 g/mol. The summed E-state index contributed by atoms with van der Waals surface area (Å²) in [4.78, 5) is 28.1. The van der Waals surface area contributed by atoms with Crippen LogP contribution in [0.5, 0.6) is 0 Å². The number of hydrogen-bond acceptors (Lipinski definition) is 2. The van der Waals surface area contributed by atoms with Crippen molar-refractivity contribution >= 4 is 11.8 Å². The van der Waals surface area contributed by atoms with Crippen LogP contribution in [0.3, 0.4) is 0 Å². The Kier molecular flexibility index (Phi) is 3.53. The number of carbonyl (C=O) groups is 2. The zero-order valence-corrected chi connectivity index (χ0v) is 13.6. The Bertz CT molecular complexity index is 440. The predicted molar refractivity (Wildman–Crippen MR) is 81.7 cm³/mol. The van der Waals surface area contributed by atoms with Gasteiger partial charge in [-0.25, -0.2) is 0 Å². The molecule has 4 heteroatoms. The minimum absolute atomic E-state index is 0.0656. The smallest absolute Gasteiger partial charge is 0.249 e. The second-order valence-electron chi connectivity index (χ2n) is 8.20. The molecule has 1 unspecified atom stereocenters. The SMILES string of the molecule is CC(C)(C)C1C(=O)NC2(CCCC2)C(=O)N1C1CCCC1. The van der Waals surface area contributed by atoms with Crippen molar-refractivity contribution in [1.82, 2.24) is 10.2 Å². The molecule has 1 aliphatic heterocycles. The van der Waals surface area contributed by atoms with E-state index in [4.69, 9.17) is 0 Å². The Morgan fingerprint density at radius 3 is 2.14 bits per heavy atom. The summed E-state index contributed by atoms with van der Waals surface area (Å²) in [6.45, 7) is 6.21. The fourth-order valence-electron chi connectivity index (χ4n) is 4.54. The van der Waals surface area contributed by atoms with Crippen molar-refractivity contribution in [2.45, 2.75) is 89.8 Å². The molecule has 1 saturated heterocycles. The molecule has 2 amide bonds. The van der Waals surface area contributed by atoms with Crippen LogP contribution in [-0.4, -0.2) is 34.3 Å². The second-order valence-corrected chi connectivity index (χ2v) is 8.20. The summed E-state index contributed by atoms with van der Waals surface area (Å²) in [5, 5.41) is 3.12. The number of hydrogen-bond donors (Lipinski definition) is 1. The highest BCUT2D eigenvalue weighted by Crippen LogP contribution is 2.41. The molecular weight excluding hydrogens is 264 g/mol. The van der Waals surface area contributed by atoms with E-state index < -0.39 is 5.54 Å². The molecule has 3 fully saturated rings. The number of carbonyl (C=O) groups excluding carboxylic acids is 2. The molecular formula is C17H28N2O2. The Hall–Kier alpha value is -1.06. The van der Waals surface area contributed by atoms with Gasteiger partial charge in [0, 0.05) is 6.04 Å². The van der Waals surface area contributed by atoms with E-state index in [1.165, 1.54) is 12.8 Å². The van der Waals surface area contributed by atoms with Crippen LogP contribution in [0.1, 0.15) is 72.1 Å². The summed E-state index contributed by atoms with van der Waals surface area (Å²) in [5.74, 6) is 0.266. The molecule has 118 valence electrons. The third-order valence-corrected chi connectivity index (χ3v) is 5.53. The molecule has 1 spiro atoms. The summed E-state index contributed by atoms with van der Waals surface area (Å²) < 4.78 is 0. The fourth-order valence-corrected chi connectivity index (χ4v) is 4.54. The van der Waals surface area contributed by atoms with E-state index in [-0.39, 0.29) is 29.3 Å². The highest BCUT2D eigenvalue weighted by atomic mass is 16.2. The standard InChI is InChI=1S/C17H28N2O2/c1-16(2,3)13-14(20)18-17(10-6-7-11-17)15(21)19(13)12-8-4-5-9-12/h12-13H,4-11H2,1-3H3,(H,18,20). The molecule has 3 rings (SSSR count). The van der Waals surface area contributed by atoms with Crippen molar-refractivity contribution in [3.63, 3.8) is 0 Å². The van der Waals surface area contributed by atoms with Gasteiger partial charge in [-0.15, -0.1) is 0 Å². The van der Waals surface area contributed by atoms with Crippen LogP contribution in [0.15, 0.2) is 0 Å². The van der Waals surface area contributed by atoms with Gasteiger partial charge < -0.3 is 10.2 Å². The molecule has 0 aromatic rings. The van der Waals surface area contributed by atoms with Crippen LogP contribution in [0.25, 0.3) is 0 Å². The third-order valence-electron chi connectivity index (χ3n) is 5.53. The second kappa shape index (κ2) is 4.99. The largest absolute Gasteiger partial charge is 0.340 e. The van der Waals surface area contributed by atoms with Gasteiger partial charge in [0.15, 0.2) is 0 Å². The van der Waals surface area contributed by atoms with Gasteiger partial charge in [0.1, 0.15) is 11.6 Å². The lowest BCUT2D eigenvalue weighted by Crippen LogP contribution is -2.73. The lowest BCUT2D eigenvalue weighted by molar-refractivity contribution is -0.162. The van der Waals surface area contributed by atoms with E-state index in [2.05, 4.69) is 26.1 Å².